The van der Waals surface area contributed by atoms with E-state index in [1.165, 1.54) is 14.2 Å². The van der Waals surface area contributed by atoms with Gasteiger partial charge in [0.05, 0.1) is 0 Å². The fourth-order valence-electron chi connectivity index (χ4n) is 0.731. The molecule has 64 valence electrons. The van der Waals surface area contributed by atoms with Crippen molar-refractivity contribution >= 4 is 5.97 Å². The Morgan fingerprint density at radius 1 is 1.45 bits per heavy atom. The molecule has 0 aromatic rings. The van der Waals surface area contributed by atoms with Gasteiger partial charge in [0.15, 0.2) is 6.29 Å². The molecule has 4 nitrogen and oxygen atoms in total. The summed E-state index contributed by atoms with van der Waals surface area (Å²) in [5.74, 6) is -0.999. The molecule has 0 spiro atoms. The van der Waals surface area contributed by atoms with E-state index in [1.807, 2.05) is 0 Å². The van der Waals surface area contributed by atoms with E-state index in [-0.39, 0.29) is 0 Å². The Hall–Kier alpha value is -0.870. The topological polar surface area (TPSA) is 55.8 Å². The molecule has 0 aromatic heterocycles. The average molecular weight is 160 g/mol. The monoisotopic (exact) mass is 160 g/mol. The molecule has 0 radical (unpaired) electrons. The van der Waals surface area contributed by atoms with Crippen LogP contribution in [-0.4, -0.2) is 31.6 Å². The van der Waals surface area contributed by atoms with E-state index < -0.39 is 12.3 Å². The van der Waals surface area contributed by atoms with Crippen LogP contribution in [0.25, 0.3) is 0 Å². The number of methoxy groups -OCH3 is 2. The lowest BCUT2D eigenvalue weighted by atomic mass is 10.3. The fourth-order valence-corrected chi connectivity index (χ4v) is 0.731. The highest BCUT2D eigenvalue weighted by molar-refractivity contribution is 5.80. The predicted octanol–water partition coefficient (Wildman–Crippen LogP) is 0.636. The normalized spacial score (nSPS) is 12.2. The number of carbonyl (C=O) groups is 1. The molecule has 0 aliphatic carbocycles. The highest BCUT2D eigenvalue weighted by Gasteiger charge is 2.07. The molecule has 0 atom stereocenters. The summed E-state index contributed by atoms with van der Waals surface area (Å²) in [5, 5.41) is 8.34. The van der Waals surface area contributed by atoms with Crippen LogP contribution in [-0.2, 0) is 14.3 Å². The minimum absolute atomic E-state index is 0.530. The average Bonchev–Trinajstić information content (AvgIpc) is 1.88. The van der Waals surface area contributed by atoms with Crippen molar-refractivity contribution in [3.8, 4) is 0 Å². The molecule has 0 heterocycles. The second-order valence-electron chi connectivity index (χ2n) is 2.03. The zero-order valence-electron chi connectivity index (χ0n) is 6.83. The molecule has 0 unspecified atom stereocenters. The van der Waals surface area contributed by atoms with Crippen molar-refractivity contribution in [2.24, 2.45) is 0 Å². The highest BCUT2D eigenvalue weighted by atomic mass is 16.7. The van der Waals surface area contributed by atoms with Crippen LogP contribution in [0.3, 0.4) is 0 Å². The van der Waals surface area contributed by atoms with Crippen LogP contribution >= 0.6 is 0 Å². The van der Waals surface area contributed by atoms with Gasteiger partial charge < -0.3 is 14.6 Å². The molecule has 0 amide bonds. The quantitative estimate of drug-likeness (QED) is 0.484. The number of aliphatic carboxylic acids is 1. The maximum absolute atomic E-state index is 10.2. The van der Waals surface area contributed by atoms with Crippen molar-refractivity contribution in [2.75, 3.05) is 14.2 Å². The van der Waals surface area contributed by atoms with E-state index in [0.717, 1.165) is 6.08 Å². The predicted molar refractivity (Wildman–Crippen MR) is 39.2 cm³/mol. The summed E-state index contributed by atoms with van der Waals surface area (Å²) in [5.41, 5.74) is 0.530. The number of carboxylic acid groups (broad SMARTS) is 1. The van der Waals surface area contributed by atoms with Gasteiger partial charge in [0.2, 0.25) is 0 Å². The van der Waals surface area contributed by atoms with Crippen molar-refractivity contribution in [3.63, 3.8) is 0 Å². The molecule has 11 heavy (non-hydrogen) atoms. The van der Waals surface area contributed by atoms with E-state index in [1.54, 1.807) is 6.92 Å². The van der Waals surface area contributed by atoms with Crippen LogP contribution < -0.4 is 0 Å². The molecule has 1 N–H and O–H groups in total. The lowest BCUT2D eigenvalue weighted by Gasteiger charge is -2.12. The maximum atomic E-state index is 10.2. The van der Waals surface area contributed by atoms with Crippen LogP contribution in [0, 0.1) is 0 Å². The Morgan fingerprint density at radius 2 is 1.91 bits per heavy atom. The minimum atomic E-state index is -0.999. The minimum Gasteiger partial charge on any atom is -0.478 e. The summed E-state index contributed by atoms with van der Waals surface area (Å²) in [4.78, 5) is 10.2. The molecular weight excluding hydrogens is 148 g/mol. The summed E-state index contributed by atoms with van der Waals surface area (Å²) in [7, 11) is 2.90. The number of hydrogen-bond donors (Lipinski definition) is 1. The lowest BCUT2D eigenvalue weighted by molar-refractivity contribution is -0.131. The van der Waals surface area contributed by atoms with Crippen molar-refractivity contribution in [3.05, 3.63) is 11.6 Å². The highest BCUT2D eigenvalue weighted by Crippen LogP contribution is 2.04. The Kier molecular flexibility index (Phi) is 4.49. The second kappa shape index (κ2) is 4.87. The Balaban J connectivity index is 4.18. The van der Waals surface area contributed by atoms with E-state index in [0.29, 0.717) is 5.57 Å². The molecule has 0 aromatic carbocycles. The van der Waals surface area contributed by atoms with Crippen LogP contribution in [0.5, 0.6) is 0 Å². The molecule has 0 rings (SSSR count). The smallest absolute Gasteiger partial charge is 0.328 e. The van der Waals surface area contributed by atoms with Crippen molar-refractivity contribution in [2.45, 2.75) is 13.2 Å². The van der Waals surface area contributed by atoms with E-state index in [2.05, 4.69) is 0 Å². The second-order valence-corrected chi connectivity index (χ2v) is 2.03. The van der Waals surface area contributed by atoms with Crippen LogP contribution in [0.4, 0.5) is 0 Å². The summed E-state index contributed by atoms with van der Waals surface area (Å²) >= 11 is 0. The molecule has 4 heteroatoms. The molecule has 0 fully saturated rings. The zero-order valence-corrected chi connectivity index (χ0v) is 6.83. The van der Waals surface area contributed by atoms with Gasteiger partial charge in [-0.15, -0.1) is 0 Å². The molecule has 0 aliphatic heterocycles. The SMILES string of the molecule is COC(OC)/C(C)=C/C(=O)O. The number of ether oxygens (including phenoxy) is 2. The maximum Gasteiger partial charge on any atom is 0.328 e. The van der Waals surface area contributed by atoms with Crippen molar-refractivity contribution in [1.82, 2.24) is 0 Å². The first-order valence-electron chi connectivity index (χ1n) is 3.08. The zero-order chi connectivity index (χ0) is 8.85. The third-order valence-electron chi connectivity index (χ3n) is 1.15. The van der Waals surface area contributed by atoms with Gasteiger partial charge in [-0.05, 0) is 12.5 Å². The van der Waals surface area contributed by atoms with E-state index in [9.17, 15) is 4.79 Å². The van der Waals surface area contributed by atoms with Gasteiger partial charge in [0, 0.05) is 20.3 Å². The van der Waals surface area contributed by atoms with Gasteiger partial charge in [0.25, 0.3) is 0 Å². The number of carboxylic acids is 1. The van der Waals surface area contributed by atoms with Gasteiger partial charge in [-0.3, -0.25) is 0 Å². The summed E-state index contributed by atoms with van der Waals surface area (Å²) in [6.07, 6.45) is 0.489. The van der Waals surface area contributed by atoms with Crippen LogP contribution in [0.15, 0.2) is 11.6 Å². The van der Waals surface area contributed by atoms with Crippen molar-refractivity contribution < 1.29 is 19.4 Å². The first-order chi connectivity index (χ1) is 5.11. The van der Waals surface area contributed by atoms with E-state index in [4.69, 9.17) is 14.6 Å². The first-order valence-corrected chi connectivity index (χ1v) is 3.08. The summed E-state index contributed by atoms with van der Waals surface area (Å²) in [6.45, 7) is 1.63. The molecular formula is C7H12O4. The van der Waals surface area contributed by atoms with Gasteiger partial charge in [-0.2, -0.15) is 0 Å². The summed E-state index contributed by atoms with van der Waals surface area (Å²) < 4.78 is 9.62. The molecule has 0 bridgehead atoms. The van der Waals surface area contributed by atoms with Gasteiger partial charge in [-0.1, -0.05) is 0 Å². The largest absolute Gasteiger partial charge is 0.478 e. The van der Waals surface area contributed by atoms with Gasteiger partial charge in [0.1, 0.15) is 0 Å². The Morgan fingerprint density at radius 3 is 2.18 bits per heavy atom. The molecule has 0 aliphatic rings. The first kappa shape index (κ1) is 10.1. The fraction of sp³-hybridized carbons (Fsp3) is 0.571. The summed E-state index contributed by atoms with van der Waals surface area (Å²) in [6, 6.07) is 0. The van der Waals surface area contributed by atoms with E-state index >= 15 is 0 Å². The standard InChI is InChI=1S/C7H12O4/c1-5(4-6(8)9)7(10-2)11-3/h4,7H,1-3H3,(H,8,9)/b5-4+. The third kappa shape index (κ3) is 3.75. The van der Waals surface area contributed by atoms with Crippen LogP contribution in [0.2, 0.25) is 0 Å². The molecule has 0 saturated heterocycles. The van der Waals surface area contributed by atoms with Gasteiger partial charge in [-0.25, -0.2) is 4.79 Å². The number of hydrogen-bond acceptors (Lipinski definition) is 3. The Bertz CT molecular complexity index is 158. The Labute approximate surface area is 65.4 Å². The van der Waals surface area contributed by atoms with Gasteiger partial charge >= 0.3 is 5.97 Å². The number of rotatable bonds is 4. The molecule has 0 saturated carbocycles. The van der Waals surface area contributed by atoms with Crippen molar-refractivity contribution in [1.29, 1.82) is 0 Å². The van der Waals surface area contributed by atoms with Crippen LogP contribution in [0.1, 0.15) is 6.92 Å². The third-order valence-corrected chi connectivity index (χ3v) is 1.15. The lowest BCUT2D eigenvalue weighted by Crippen LogP contribution is -2.15.